The lowest BCUT2D eigenvalue weighted by molar-refractivity contribution is -0.117. The molecule has 0 bridgehead atoms. The molecule has 0 aromatic heterocycles. The van der Waals surface area contributed by atoms with Crippen molar-refractivity contribution < 1.29 is 4.79 Å². The van der Waals surface area contributed by atoms with Crippen LogP contribution in [0.25, 0.3) is 0 Å². The second-order valence-corrected chi connectivity index (χ2v) is 3.36. The molecular weight excluding hydrogens is 134 g/mol. The first-order valence-electron chi connectivity index (χ1n) is 2.93. The third-order valence-electron chi connectivity index (χ3n) is 1.24. The molecule has 2 nitrogen and oxygen atoms in total. The van der Waals surface area contributed by atoms with Crippen LogP contribution >= 0.6 is 11.8 Å². The van der Waals surface area contributed by atoms with Crippen molar-refractivity contribution >= 4 is 23.2 Å². The van der Waals surface area contributed by atoms with Crippen LogP contribution in [0, 0.1) is 5.92 Å². The molecule has 0 aliphatic carbocycles. The molecule has 0 N–H and O–H groups in total. The zero-order chi connectivity index (χ0) is 6.85. The molecule has 0 saturated carbocycles. The molecule has 1 unspecified atom stereocenters. The quantitative estimate of drug-likeness (QED) is 0.554. The second-order valence-electron chi connectivity index (χ2n) is 2.37. The monoisotopic (exact) mass is 143 g/mol. The topological polar surface area (TPSA) is 29.4 Å². The predicted octanol–water partition coefficient (Wildman–Crippen LogP) is 1.31. The summed E-state index contributed by atoms with van der Waals surface area (Å²) in [5.74, 6) is 0.431. The molecule has 0 aromatic carbocycles. The first-order valence-corrected chi connectivity index (χ1v) is 3.88. The Kier molecular flexibility index (Phi) is 1.90. The van der Waals surface area contributed by atoms with Gasteiger partial charge in [0.05, 0.1) is 10.8 Å². The van der Waals surface area contributed by atoms with Gasteiger partial charge in [-0.1, -0.05) is 13.8 Å². The van der Waals surface area contributed by atoms with E-state index in [4.69, 9.17) is 0 Å². The van der Waals surface area contributed by atoms with Gasteiger partial charge in [-0.25, -0.2) is 4.99 Å². The van der Waals surface area contributed by atoms with Crippen LogP contribution in [-0.4, -0.2) is 16.7 Å². The Labute approximate surface area is 58.7 Å². The van der Waals surface area contributed by atoms with E-state index in [2.05, 4.69) is 4.99 Å². The molecule has 9 heavy (non-hydrogen) atoms. The molecule has 50 valence electrons. The Hall–Kier alpha value is -0.310. The smallest absolute Gasteiger partial charge is 0.259 e. The Morgan fingerprint density at radius 3 is 2.67 bits per heavy atom. The highest BCUT2D eigenvalue weighted by molar-refractivity contribution is 8.13. The van der Waals surface area contributed by atoms with E-state index in [9.17, 15) is 4.79 Å². The van der Waals surface area contributed by atoms with Crippen LogP contribution in [0.3, 0.4) is 0 Å². The lowest BCUT2D eigenvalue weighted by atomic mass is 10.1. The number of carbonyl (C=O) groups excluding carboxylic acids is 1. The first-order chi connectivity index (χ1) is 4.22. The van der Waals surface area contributed by atoms with Gasteiger partial charge in [0.15, 0.2) is 0 Å². The average molecular weight is 143 g/mol. The van der Waals surface area contributed by atoms with E-state index in [0.29, 0.717) is 5.92 Å². The number of nitrogens with zero attached hydrogens (tertiary/aromatic N) is 1. The van der Waals surface area contributed by atoms with E-state index in [1.165, 1.54) is 11.8 Å². The molecule has 0 spiro atoms. The van der Waals surface area contributed by atoms with Gasteiger partial charge in [0.1, 0.15) is 0 Å². The van der Waals surface area contributed by atoms with Crippen LogP contribution < -0.4 is 0 Å². The maximum Gasteiger partial charge on any atom is 0.259 e. The third-order valence-corrected chi connectivity index (χ3v) is 2.50. The van der Waals surface area contributed by atoms with E-state index >= 15 is 0 Å². The number of aliphatic imine (C=N–C) groups is 1. The van der Waals surface area contributed by atoms with Crippen molar-refractivity contribution in [2.75, 3.05) is 0 Å². The van der Waals surface area contributed by atoms with E-state index in [-0.39, 0.29) is 11.2 Å². The molecule has 1 aliphatic rings. The highest BCUT2D eigenvalue weighted by atomic mass is 32.2. The summed E-state index contributed by atoms with van der Waals surface area (Å²) in [5.41, 5.74) is 1.63. The average Bonchev–Trinajstić information content (AvgIpc) is 2.13. The normalized spacial score (nSPS) is 26.1. The van der Waals surface area contributed by atoms with Gasteiger partial charge in [0, 0.05) is 0 Å². The SMILES string of the molecule is CC(C)C1SC=NC1=O. The fourth-order valence-electron chi connectivity index (χ4n) is 0.722. The second kappa shape index (κ2) is 2.52. The van der Waals surface area contributed by atoms with Gasteiger partial charge in [-0.15, -0.1) is 11.8 Å². The molecule has 1 amide bonds. The van der Waals surface area contributed by atoms with Gasteiger partial charge in [-0.3, -0.25) is 4.79 Å². The van der Waals surface area contributed by atoms with E-state index < -0.39 is 0 Å². The van der Waals surface area contributed by atoms with Crippen LogP contribution in [-0.2, 0) is 4.79 Å². The minimum Gasteiger partial charge on any atom is -0.271 e. The summed E-state index contributed by atoms with van der Waals surface area (Å²) in [6.45, 7) is 4.06. The van der Waals surface area contributed by atoms with Crippen molar-refractivity contribution in [3.05, 3.63) is 0 Å². The van der Waals surface area contributed by atoms with Crippen molar-refractivity contribution in [3.63, 3.8) is 0 Å². The summed E-state index contributed by atoms with van der Waals surface area (Å²) < 4.78 is 0. The molecule has 0 saturated heterocycles. The van der Waals surface area contributed by atoms with Crippen molar-refractivity contribution in [2.45, 2.75) is 19.1 Å². The van der Waals surface area contributed by atoms with Gasteiger partial charge in [-0.2, -0.15) is 0 Å². The molecule has 1 aliphatic heterocycles. The summed E-state index contributed by atoms with van der Waals surface area (Å²) in [6, 6.07) is 0. The lowest BCUT2D eigenvalue weighted by Crippen LogP contribution is -2.16. The van der Waals surface area contributed by atoms with Crippen molar-refractivity contribution in [1.82, 2.24) is 0 Å². The Morgan fingerprint density at radius 2 is 2.44 bits per heavy atom. The van der Waals surface area contributed by atoms with Crippen LogP contribution in [0.5, 0.6) is 0 Å². The minimum atomic E-state index is 0.0231. The number of thioether (sulfide) groups is 1. The van der Waals surface area contributed by atoms with Crippen molar-refractivity contribution in [1.29, 1.82) is 0 Å². The van der Waals surface area contributed by atoms with E-state index in [1.54, 1.807) is 5.55 Å². The Morgan fingerprint density at radius 1 is 1.78 bits per heavy atom. The Bertz CT molecular complexity index is 153. The van der Waals surface area contributed by atoms with Gasteiger partial charge < -0.3 is 0 Å². The van der Waals surface area contributed by atoms with Gasteiger partial charge >= 0.3 is 0 Å². The summed E-state index contributed by atoms with van der Waals surface area (Å²) in [6.07, 6.45) is 0. The van der Waals surface area contributed by atoms with Gasteiger partial charge in [0.25, 0.3) is 5.91 Å². The predicted molar refractivity (Wildman–Crippen MR) is 39.7 cm³/mol. The highest BCUT2D eigenvalue weighted by Gasteiger charge is 2.24. The van der Waals surface area contributed by atoms with Gasteiger partial charge in [0.2, 0.25) is 0 Å². The fourth-order valence-corrected chi connectivity index (χ4v) is 1.51. The van der Waals surface area contributed by atoms with E-state index in [1.807, 2.05) is 13.8 Å². The summed E-state index contributed by atoms with van der Waals surface area (Å²) in [5, 5.41) is 0.0880. The number of carbonyl (C=O) groups is 1. The third kappa shape index (κ3) is 1.33. The number of rotatable bonds is 1. The summed E-state index contributed by atoms with van der Waals surface area (Å²) in [7, 11) is 0. The summed E-state index contributed by atoms with van der Waals surface area (Å²) >= 11 is 1.52. The molecule has 1 rings (SSSR count). The van der Waals surface area contributed by atoms with Crippen LogP contribution in [0.1, 0.15) is 13.8 Å². The number of hydrogen-bond donors (Lipinski definition) is 0. The van der Waals surface area contributed by atoms with Crippen LogP contribution in [0.2, 0.25) is 0 Å². The van der Waals surface area contributed by atoms with Crippen molar-refractivity contribution in [2.24, 2.45) is 10.9 Å². The largest absolute Gasteiger partial charge is 0.271 e. The minimum absolute atomic E-state index is 0.0231. The number of hydrogen-bond acceptors (Lipinski definition) is 2. The molecule has 0 aromatic rings. The van der Waals surface area contributed by atoms with Crippen molar-refractivity contribution in [3.8, 4) is 0 Å². The first kappa shape index (κ1) is 6.81. The number of amides is 1. The zero-order valence-electron chi connectivity index (χ0n) is 5.50. The summed E-state index contributed by atoms with van der Waals surface area (Å²) in [4.78, 5) is 14.4. The van der Waals surface area contributed by atoms with Gasteiger partial charge in [-0.05, 0) is 5.92 Å². The maximum absolute atomic E-state index is 10.8. The maximum atomic E-state index is 10.8. The standard InChI is InChI=1S/C6H9NOS/c1-4(2)5-6(8)7-3-9-5/h3-5H,1-2H3. The van der Waals surface area contributed by atoms with E-state index in [0.717, 1.165) is 0 Å². The highest BCUT2D eigenvalue weighted by Crippen LogP contribution is 2.23. The molecule has 0 fully saturated rings. The lowest BCUT2D eigenvalue weighted by Gasteiger charge is -2.07. The zero-order valence-corrected chi connectivity index (χ0v) is 6.31. The molecule has 3 heteroatoms. The molecule has 1 heterocycles. The van der Waals surface area contributed by atoms with Crippen LogP contribution in [0.15, 0.2) is 4.99 Å². The fraction of sp³-hybridized carbons (Fsp3) is 0.667. The van der Waals surface area contributed by atoms with Crippen LogP contribution in [0.4, 0.5) is 0 Å². The Balaban J connectivity index is 2.56. The molecular formula is C6H9NOS. The molecule has 1 atom stereocenters. The molecule has 0 radical (unpaired) electrons.